The van der Waals surface area contributed by atoms with Crippen LogP contribution in [0.4, 0.5) is 26.7 Å². The van der Waals surface area contributed by atoms with Gasteiger partial charge in [0.25, 0.3) is 0 Å². The molecule has 0 radical (unpaired) electrons. The van der Waals surface area contributed by atoms with Gasteiger partial charge in [-0.15, -0.1) is 0 Å². The predicted octanol–water partition coefficient (Wildman–Crippen LogP) is 2.82. The smallest absolute Gasteiger partial charge is 0.321 e. The topological polar surface area (TPSA) is 50.4 Å². The quantitative estimate of drug-likeness (QED) is 0.663. The van der Waals surface area contributed by atoms with Gasteiger partial charge < -0.3 is 5.32 Å². The van der Waals surface area contributed by atoms with Gasteiger partial charge in [-0.2, -0.15) is 13.2 Å². The third-order valence-corrected chi connectivity index (χ3v) is 2.20. The van der Waals surface area contributed by atoms with Crippen LogP contribution in [0, 0.1) is 11.6 Å². The Hall–Kier alpha value is -1.90. The molecule has 0 heterocycles. The molecule has 0 fully saturated rings. The number of halogens is 5. The fraction of sp³-hybridized carbons (Fsp3) is 0.364. The molecule has 1 atom stereocenters. The zero-order chi connectivity index (χ0) is 15.3. The maximum absolute atomic E-state index is 13.4. The second-order valence-electron chi connectivity index (χ2n) is 3.63. The Labute approximate surface area is 110 Å². The number of carbonyl (C=O) groups excluding carboxylic acids is 1. The van der Waals surface area contributed by atoms with E-state index in [0.717, 1.165) is 12.1 Å². The number of amides is 2. The first-order valence-electron chi connectivity index (χ1n) is 5.46. The monoisotopic (exact) mass is 298 g/mol. The highest BCUT2D eigenvalue weighted by atomic mass is 19.4. The molecule has 2 amide bonds. The van der Waals surface area contributed by atoms with Gasteiger partial charge in [0.1, 0.15) is 0 Å². The minimum absolute atomic E-state index is 0.0262. The summed E-state index contributed by atoms with van der Waals surface area (Å²) >= 11 is 0. The molecule has 0 saturated carbocycles. The number of hydrogen-bond donors (Lipinski definition) is 2. The van der Waals surface area contributed by atoms with E-state index in [1.807, 2.05) is 0 Å². The van der Waals surface area contributed by atoms with Gasteiger partial charge in [-0.05, 0) is 13.0 Å². The number of alkyl halides is 3. The zero-order valence-corrected chi connectivity index (χ0v) is 10.2. The van der Waals surface area contributed by atoms with Gasteiger partial charge in [0.15, 0.2) is 17.7 Å². The van der Waals surface area contributed by atoms with Crippen LogP contribution in [0.1, 0.15) is 18.5 Å². The molecule has 20 heavy (non-hydrogen) atoms. The van der Waals surface area contributed by atoms with Crippen LogP contribution in [0.15, 0.2) is 18.2 Å². The Bertz CT molecular complexity index is 478. The molecule has 0 saturated heterocycles. The summed E-state index contributed by atoms with van der Waals surface area (Å²) in [6.45, 7) is 1.52. The maximum atomic E-state index is 13.4. The van der Waals surface area contributed by atoms with Crippen LogP contribution in [0.25, 0.3) is 0 Å². The summed E-state index contributed by atoms with van der Waals surface area (Å²) in [4.78, 5) is 15.6. The highest BCUT2D eigenvalue weighted by Gasteiger charge is 2.43. The van der Waals surface area contributed by atoms with E-state index in [9.17, 15) is 26.7 Å². The van der Waals surface area contributed by atoms with E-state index >= 15 is 0 Å². The number of urea groups is 1. The standard InChI is InChI=1S/C11H11F5N2O2/c1-2-20-18-10(19)17-9(11(14,15)16)6-4-3-5-7(12)8(6)13/h3-5,9H,2H2,1H3,(H2,17,18,19)/t9-/m0/s1. The van der Waals surface area contributed by atoms with Crippen LogP contribution in [0.2, 0.25) is 0 Å². The third-order valence-electron chi connectivity index (χ3n) is 2.20. The van der Waals surface area contributed by atoms with Gasteiger partial charge in [-0.3, -0.25) is 4.84 Å². The minimum atomic E-state index is -5.00. The fourth-order valence-corrected chi connectivity index (χ4v) is 1.38. The SMILES string of the molecule is CCONC(=O)N[C@@H](c1cccc(F)c1F)C(F)(F)F. The van der Waals surface area contributed by atoms with E-state index < -0.39 is 35.4 Å². The van der Waals surface area contributed by atoms with Crippen molar-refractivity contribution in [1.82, 2.24) is 10.8 Å². The summed E-state index contributed by atoms with van der Waals surface area (Å²) in [5, 5.41) is 1.47. The molecule has 112 valence electrons. The van der Waals surface area contributed by atoms with Crippen LogP contribution < -0.4 is 10.8 Å². The summed E-state index contributed by atoms with van der Waals surface area (Å²) in [6.07, 6.45) is -5.00. The van der Waals surface area contributed by atoms with E-state index in [1.165, 1.54) is 12.2 Å². The van der Waals surface area contributed by atoms with Gasteiger partial charge >= 0.3 is 12.2 Å². The van der Waals surface area contributed by atoms with Crippen LogP contribution in [-0.2, 0) is 4.84 Å². The van der Waals surface area contributed by atoms with Crippen LogP contribution in [-0.4, -0.2) is 18.8 Å². The van der Waals surface area contributed by atoms with Gasteiger partial charge in [0.05, 0.1) is 6.61 Å². The van der Waals surface area contributed by atoms with E-state index in [-0.39, 0.29) is 6.61 Å². The number of benzene rings is 1. The van der Waals surface area contributed by atoms with E-state index in [1.54, 1.807) is 5.48 Å². The summed E-state index contributed by atoms with van der Waals surface area (Å²) < 4.78 is 64.9. The molecule has 1 aromatic carbocycles. The van der Waals surface area contributed by atoms with Gasteiger partial charge in [-0.25, -0.2) is 19.1 Å². The number of carbonyl (C=O) groups is 1. The Morgan fingerprint density at radius 3 is 2.55 bits per heavy atom. The number of hydrogen-bond acceptors (Lipinski definition) is 2. The van der Waals surface area contributed by atoms with Crippen molar-refractivity contribution in [3.8, 4) is 0 Å². The molecular formula is C11H11F5N2O2. The van der Waals surface area contributed by atoms with Crippen molar-refractivity contribution >= 4 is 6.03 Å². The lowest BCUT2D eigenvalue weighted by atomic mass is 10.1. The Morgan fingerprint density at radius 2 is 2.00 bits per heavy atom. The normalized spacial score (nSPS) is 12.9. The first-order valence-corrected chi connectivity index (χ1v) is 5.46. The molecule has 0 bridgehead atoms. The van der Waals surface area contributed by atoms with Crippen LogP contribution >= 0.6 is 0 Å². The maximum Gasteiger partial charge on any atom is 0.413 e. The van der Waals surface area contributed by atoms with Crippen molar-refractivity contribution in [2.24, 2.45) is 0 Å². The zero-order valence-electron chi connectivity index (χ0n) is 10.2. The second-order valence-corrected chi connectivity index (χ2v) is 3.63. The average Bonchev–Trinajstić information content (AvgIpc) is 2.36. The summed E-state index contributed by atoms with van der Waals surface area (Å²) in [5.41, 5.74) is 0.649. The molecule has 9 heteroatoms. The lowest BCUT2D eigenvalue weighted by Gasteiger charge is -2.22. The first kappa shape index (κ1) is 16.2. The van der Waals surface area contributed by atoms with Crippen molar-refractivity contribution in [2.45, 2.75) is 19.1 Å². The second kappa shape index (κ2) is 6.51. The molecule has 0 aliphatic heterocycles. The van der Waals surface area contributed by atoms with Crippen molar-refractivity contribution in [3.05, 3.63) is 35.4 Å². The molecule has 4 nitrogen and oxygen atoms in total. The number of nitrogens with one attached hydrogen (secondary N) is 2. The Morgan fingerprint density at radius 1 is 1.35 bits per heavy atom. The number of hydroxylamine groups is 1. The van der Waals surface area contributed by atoms with E-state index in [4.69, 9.17) is 0 Å². The molecule has 2 N–H and O–H groups in total. The lowest BCUT2D eigenvalue weighted by Crippen LogP contribution is -2.44. The van der Waals surface area contributed by atoms with E-state index in [2.05, 4.69) is 4.84 Å². The van der Waals surface area contributed by atoms with Gasteiger partial charge in [0, 0.05) is 5.56 Å². The average molecular weight is 298 g/mol. The highest BCUT2D eigenvalue weighted by molar-refractivity contribution is 5.73. The number of rotatable bonds is 4. The molecule has 0 aliphatic carbocycles. The molecule has 0 unspecified atom stereocenters. The summed E-state index contributed by atoms with van der Waals surface area (Å²) in [5.74, 6) is -3.12. The molecule has 0 aliphatic rings. The van der Waals surface area contributed by atoms with Crippen LogP contribution in [0.5, 0.6) is 0 Å². The molecule has 0 spiro atoms. The third kappa shape index (κ3) is 4.05. The molecule has 0 aromatic heterocycles. The van der Waals surface area contributed by atoms with Gasteiger partial charge in [0.2, 0.25) is 0 Å². The van der Waals surface area contributed by atoms with Crippen molar-refractivity contribution in [3.63, 3.8) is 0 Å². The first-order chi connectivity index (χ1) is 9.27. The molecule has 1 rings (SSSR count). The fourth-order valence-electron chi connectivity index (χ4n) is 1.38. The van der Waals surface area contributed by atoms with Crippen molar-refractivity contribution < 1.29 is 31.6 Å². The van der Waals surface area contributed by atoms with Gasteiger partial charge in [-0.1, -0.05) is 12.1 Å². The Balaban J connectivity index is 3.02. The summed E-state index contributed by atoms with van der Waals surface area (Å²) in [6, 6.07) is -1.70. The molecule has 1 aromatic rings. The lowest BCUT2D eigenvalue weighted by molar-refractivity contribution is -0.156. The minimum Gasteiger partial charge on any atom is -0.321 e. The van der Waals surface area contributed by atoms with E-state index in [0.29, 0.717) is 6.07 Å². The molecular weight excluding hydrogens is 287 g/mol. The van der Waals surface area contributed by atoms with Crippen LogP contribution in [0.3, 0.4) is 0 Å². The Kier molecular flexibility index (Phi) is 5.26. The largest absolute Gasteiger partial charge is 0.413 e. The van der Waals surface area contributed by atoms with Crippen molar-refractivity contribution in [1.29, 1.82) is 0 Å². The highest BCUT2D eigenvalue weighted by Crippen LogP contribution is 2.34. The predicted molar refractivity (Wildman–Crippen MR) is 58.4 cm³/mol. The van der Waals surface area contributed by atoms with Crippen molar-refractivity contribution in [2.75, 3.05) is 6.61 Å². The summed E-state index contributed by atoms with van der Waals surface area (Å²) in [7, 11) is 0.